The summed E-state index contributed by atoms with van der Waals surface area (Å²) in [5.74, 6) is -0.405. The minimum atomic E-state index is -4.54. The Morgan fingerprint density at radius 1 is 1.22 bits per heavy atom. The molecule has 0 aliphatic rings. The maximum absolute atomic E-state index is 12.7. The van der Waals surface area contributed by atoms with E-state index in [-0.39, 0.29) is 22.5 Å². The van der Waals surface area contributed by atoms with Gasteiger partial charge in [-0.25, -0.2) is 9.97 Å². The quantitative estimate of drug-likeness (QED) is 0.678. The van der Waals surface area contributed by atoms with Crippen LogP contribution in [0.15, 0.2) is 35.5 Å². The Bertz CT molecular complexity index is 719. The summed E-state index contributed by atoms with van der Waals surface area (Å²) in [7, 11) is 0. The number of benzene rings is 1. The minimum absolute atomic E-state index is 0.0720. The van der Waals surface area contributed by atoms with Gasteiger partial charge in [0.2, 0.25) is 5.91 Å². The Morgan fingerprint density at radius 2 is 1.91 bits per heavy atom. The Morgan fingerprint density at radius 3 is 2.57 bits per heavy atom. The summed E-state index contributed by atoms with van der Waals surface area (Å²) in [5.41, 5.74) is 0.761. The lowest BCUT2D eigenvalue weighted by Gasteiger charge is -2.09. The lowest BCUT2D eigenvalue weighted by atomic mass is 10.2. The molecule has 4 nitrogen and oxygen atoms in total. The highest BCUT2D eigenvalue weighted by Gasteiger charge is 2.33. The van der Waals surface area contributed by atoms with Crippen LogP contribution in [0.4, 0.5) is 18.9 Å². The van der Waals surface area contributed by atoms with E-state index in [9.17, 15) is 18.0 Å². The molecule has 0 radical (unpaired) electrons. The number of alkyl halides is 3. The lowest BCUT2D eigenvalue weighted by Crippen LogP contribution is -2.15. The van der Waals surface area contributed by atoms with Crippen LogP contribution in [0, 0.1) is 13.8 Å². The Kier molecular flexibility index (Phi) is 5.25. The third-order valence-corrected chi connectivity index (χ3v) is 3.72. The number of carbonyl (C=O) groups is 1. The summed E-state index contributed by atoms with van der Waals surface area (Å²) >= 11 is 0.864. The topological polar surface area (TPSA) is 54.9 Å². The Hall–Kier alpha value is -2.09. The maximum Gasteiger partial charge on any atom is 0.433 e. The van der Waals surface area contributed by atoms with Crippen LogP contribution in [-0.2, 0) is 11.0 Å². The summed E-state index contributed by atoms with van der Waals surface area (Å²) in [4.78, 5) is 19.3. The molecule has 0 atom stereocenters. The molecule has 122 valence electrons. The number of thioether (sulfide) groups is 1. The number of amides is 1. The normalized spacial score (nSPS) is 11.3. The Balaban J connectivity index is 2.02. The van der Waals surface area contributed by atoms with Gasteiger partial charge in [-0.1, -0.05) is 30.0 Å². The minimum Gasteiger partial charge on any atom is -0.325 e. The summed E-state index contributed by atoms with van der Waals surface area (Å²) in [6.07, 6.45) is -4.54. The van der Waals surface area contributed by atoms with E-state index in [1.807, 2.05) is 19.1 Å². The SMILES string of the molecule is Cc1cc(C(F)(F)F)nc(SCC(=O)Nc2ccccc2C)n1. The molecule has 1 aromatic carbocycles. The predicted octanol–water partition coefficient (Wildman–Crippen LogP) is 3.84. The molecular weight excluding hydrogens is 327 g/mol. The number of carbonyl (C=O) groups excluding carboxylic acids is 1. The van der Waals surface area contributed by atoms with Gasteiger partial charge in [0.1, 0.15) is 5.69 Å². The van der Waals surface area contributed by atoms with Crippen molar-refractivity contribution in [1.29, 1.82) is 0 Å². The number of anilines is 1. The molecule has 1 heterocycles. The summed E-state index contributed by atoms with van der Waals surface area (Å²) < 4.78 is 38.1. The van der Waals surface area contributed by atoms with Gasteiger partial charge in [-0.05, 0) is 31.5 Å². The molecule has 1 N–H and O–H groups in total. The van der Waals surface area contributed by atoms with Crippen molar-refractivity contribution in [3.05, 3.63) is 47.3 Å². The molecule has 2 aromatic rings. The van der Waals surface area contributed by atoms with E-state index in [4.69, 9.17) is 0 Å². The van der Waals surface area contributed by atoms with E-state index >= 15 is 0 Å². The largest absolute Gasteiger partial charge is 0.433 e. The van der Waals surface area contributed by atoms with E-state index < -0.39 is 11.9 Å². The Labute approximate surface area is 135 Å². The van der Waals surface area contributed by atoms with Crippen molar-refractivity contribution in [1.82, 2.24) is 9.97 Å². The molecule has 0 aliphatic carbocycles. The van der Waals surface area contributed by atoms with Crippen LogP contribution >= 0.6 is 11.8 Å². The van der Waals surface area contributed by atoms with Gasteiger partial charge >= 0.3 is 6.18 Å². The molecule has 0 aliphatic heterocycles. The second kappa shape index (κ2) is 6.99. The van der Waals surface area contributed by atoms with Crippen molar-refractivity contribution in [3.63, 3.8) is 0 Å². The molecule has 0 spiro atoms. The number of aromatic nitrogens is 2. The molecule has 1 amide bonds. The van der Waals surface area contributed by atoms with Crippen LogP contribution < -0.4 is 5.32 Å². The van der Waals surface area contributed by atoms with Crippen molar-refractivity contribution < 1.29 is 18.0 Å². The fraction of sp³-hybridized carbons (Fsp3) is 0.267. The van der Waals surface area contributed by atoms with Crippen LogP contribution in [0.1, 0.15) is 17.0 Å². The van der Waals surface area contributed by atoms with E-state index in [1.54, 1.807) is 12.1 Å². The van der Waals surface area contributed by atoms with Crippen LogP contribution in [0.25, 0.3) is 0 Å². The molecule has 0 bridgehead atoms. The van der Waals surface area contributed by atoms with Gasteiger partial charge in [0.15, 0.2) is 5.16 Å². The van der Waals surface area contributed by atoms with Gasteiger partial charge in [0.05, 0.1) is 5.75 Å². The number of nitrogens with one attached hydrogen (secondary N) is 1. The first kappa shape index (κ1) is 17.3. The monoisotopic (exact) mass is 341 g/mol. The fourth-order valence-electron chi connectivity index (χ4n) is 1.78. The molecular formula is C15H14F3N3OS. The van der Waals surface area contributed by atoms with Crippen LogP contribution in [0.2, 0.25) is 0 Å². The average Bonchev–Trinajstić information content (AvgIpc) is 2.46. The zero-order valence-corrected chi connectivity index (χ0v) is 13.3. The summed E-state index contributed by atoms with van der Waals surface area (Å²) in [6, 6.07) is 8.11. The van der Waals surface area contributed by atoms with E-state index in [2.05, 4.69) is 15.3 Å². The highest BCUT2D eigenvalue weighted by molar-refractivity contribution is 7.99. The first-order valence-corrected chi connectivity index (χ1v) is 7.65. The van der Waals surface area contributed by atoms with Gasteiger partial charge in [0.25, 0.3) is 0 Å². The first-order valence-electron chi connectivity index (χ1n) is 6.67. The molecule has 0 unspecified atom stereocenters. The van der Waals surface area contributed by atoms with Crippen molar-refractivity contribution in [2.45, 2.75) is 25.2 Å². The highest BCUT2D eigenvalue weighted by atomic mass is 32.2. The van der Waals surface area contributed by atoms with E-state index in [0.29, 0.717) is 5.69 Å². The number of halogens is 3. The van der Waals surface area contributed by atoms with Gasteiger partial charge in [-0.2, -0.15) is 13.2 Å². The second-order valence-electron chi connectivity index (χ2n) is 4.83. The van der Waals surface area contributed by atoms with Gasteiger partial charge < -0.3 is 5.32 Å². The standard InChI is InChI=1S/C15H14F3N3OS/c1-9-5-3-4-6-11(9)20-13(22)8-23-14-19-10(2)7-12(21-14)15(16,17)18/h3-7H,8H2,1-2H3,(H,20,22). The highest BCUT2D eigenvalue weighted by Crippen LogP contribution is 2.29. The predicted molar refractivity (Wildman–Crippen MR) is 82.3 cm³/mol. The van der Waals surface area contributed by atoms with Gasteiger partial charge in [0, 0.05) is 11.4 Å². The van der Waals surface area contributed by atoms with Crippen molar-refractivity contribution in [2.24, 2.45) is 0 Å². The zero-order valence-electron chi connectivity index (χ0n) is 12.4. The second-order valence-corrected chi connectivity index (χ2v) is 5.77. The van der Waals surface area contributed by atoms with Crippen molar-refractivity contribution in [2.75, 3.05) is 11.1 Å². The molecule has 8 heteroatoms. The average molecular weight is 341 g/mol. The van der Waals surface area contributed by atoms with Crippen molar-refractivity contribution in [3.8, 4) is 0 Å². The zero-order chi connectivity index (χ0) is 17.0. The summed E-state index contributed by atoms with van der Waals surface area (Å²) in [6.45, 7) is 3.30. The molecule has 2 rings (SSSR count). The third kappa shape index (κ3) is 4.95. The number of nitrogens with zero attached hydrogens (tertiary/aromatic N) is 2. The summed E-state index contributed by atoms with van der Waals surface area (Å²) in [5, 5.41) is 2.63. The molecule has 1 aromatic heterocycles. The van der Waals surface area contributed by atoms with E-state index in [0.717, 1.165) is 23.4 Å². The molecule has 0 fully saturated rings. The number of hydrogen-bond acceptors (Lipinski definition) is 4. The molecule has 23 heavy (non-hydrogen) atoms. The number of rotatable bonds is 4. The number of hydrogen-bond donors (Lipinski definition) is 1. The van der Waals surface area contributed by atoms with E-state index in [1.165, 1.54) is 6.92 Å². The maximum atomic E-state index is 12.7. The van der Waals surface area contributed by atoms with Crippen molar-refractivity contribution >= 4 is 23.4 Å². The van der Waals surface area contributed by atoms with Crippen LogP contribution in [-0.4, -0.2) is 21.6 Å². The first-order chi connectivity index (χ1) is 10.8. The van der Waals surface area contributed by atoms with Gasteiger partial charge in [-0.15, -0.1) is 0 Å². The lowest BCUT2D eigenvalue weighted by molar-refractivity contribution is -0.141. The number of aryl methyl sites for hydroxylation is 2. The number of para-hydroxylation sites is 1. The smallest absolute Gasteiger partial charge is 0.325 e. The van der Waals surface area contributed by atoms with Crippen LogP contribution in [0.5, 0.6) is 0 Å². The fourth-order valence-corrected chi connectivity index (χ4v) is 2.48. The third-order valence-electron chi connectivity index (χ3n) is 2.88. The molecule has 0 saturated heterocycles. The molecule has 0 saturated carbocycles. The van der Waals surface area contributed by atoms with Crippen LogP contribution in [0.3, 0.4) is 0 Å². The van der Waals surface area contributed by atoms with Gasteiger partial charge in [-0.3, -0.25) is 4.79 Å².